The van der Waals surface area contributed by atoms with Crippen molar-refractivity contribution in [2.45, 2.75) is 18.0 Å². The molecule has 0 atom stereocenters. The summed E-state index contributed by atoms with van der Waals surface area (Å²) in [5.41, 5.74) is 2.32. The molecule has 0 heterocycles. The van der Waals surface area contributed by atoms with Gasteiger partial charge >= 0.3 is 0 Å². The highest BCUT2D eigenvalue weighted by molar-refractivity contribution is 7.89. The Morgan fingerprint density at radius 3 is 2.14 bits per heavy atom. The second-order valence-electron chi connectivity index (χ2n) is 6.58. The number of rotatable bonds is 7. The molecule has 3 aromatic carbocycles. The molecule has 3 rings (SSSR count). The van der Waals surface area contributed by atoms with Crippen molar-refractivity contribution < 1.29 is 13.2 Å². The number of amides is 1. The fourth-order valence-electron chi connectivity index (χ4n) is 2.77. The fourth-order valence-corrected chi connectivity index (χ4v) is 4.06. The van der Waals surface area contributed by atoms with Gasteiger partial charge in [-0.2, -0.15) is 4.31 Å². The van der Waals surface area contributed by atoms with E-state index in [1.165, 1.54) is 23.5 Å². The molecule has 0 saturated carbocycles. The summed E-state index contributed by atoms with van der Waals surface area (Å²) in [4.78, 5) is 12.5. The van der Waals surface area contributed by atoms with Crippen LogP contribution in [0.15, 0.2) is 83.8 Å². The highest BCUT2D eigenvalue weighted by Gasteiger charge is 2.20. The van der Waals surface area contributed by atoms with Crippen molar-refractivity contribution in [3.8, 4) is 0 Å². The number of carbonyl (C=O) groups is 1. The lowest BCUT2D eigenvalue weighted by atomic mass is 10.1. The molecule has 0 aliphatic heterocycles. The third-order valence-corrected chi connectivity index (χ3v) is 6.51. The van der Waals surface area contributed by atoms with E-state index in [1.54, 1.807) is 36.4 Å². The lowest BCUT2D eigenvalue weighted by Gasteiger charge is -2.17. The first-order chi connectivity index (χ1) is 13.9. The van der Waals surface area contributed by atoms with Gasteiger partial charge in [-0.25, -0.2) is 8.42 Å². The first-order valence-corrected chi connectivity index (χ1v) is 10.8. The smallest absolute Gasteiger partial charge is 0.251 e. The van der Waals surface area contributed by atoms with Crippen molar-refractivity contribution in [3.05, 3.63) is 101 Å². The molecule has 0 spiro atoms. The normalized spacial score (nSPS) is 11.4. The maximum Gasteiger partial charge on any atom is 0.251 e. The summed E-state index contributed by atoms with van der Waals surface area (Å²) >= 11 is 5.83. The second-order valence-corrected chi connectivity index (χ2v) is 9.06. The van der Waals surface area contributed by atoms with Gasteiger partial charge in [-0.15, -0.1) is 0 Å². The molecule has 0 unspecified atom stereocenters. The lowest BCUT2D eigenvalue weighted by molar-refractivity contribution is 0.0951. The van der Waals surface area contributed by atoms with E-state index in [4.69, 9.17) is 11.6 Å². The van der Waals surface area contributed by atoms with Crippen LogP contribution in [-0.4, -0.2) is 25.7 Å². The fraction of sp³-hybridized carbons (Fsp3) is 0.136. The molecule has 5 nitrogen and oxygen atoms in total. The van der Waals surface area contributed by atoms with E-state index in [2.05, 4.69) is 5.32 Å². The van der Waals surface area contributed by atoms with Crippen molar-refractivity contribution >= 4 is 27.5 Å². The van der Waals surface area contributed by atoms with E-state index in [1.807, 2.05) is 30.3 Å². The molecule has 0 aliphatic carbocycles. The van der Waals surface area contributed by atoms with Crippen LogP contribution in [-0.2, 0) is 23.1 Å². The molecule has 150 valence electrons. The highest BCUT2D eigenvalue weighted by atomic mass is 35.5. The number of nitrogens with zero attached hydrogens (tertiary/aromatic N) is 1. The molecular weight excluding hydrogens is 408 g/mol. The van der Waals surface area contributed by atoms with Crippen molar-refractivity contribution in [2.24, 2.45) is 0 Å². The first-order valence-electron chi connectivity index (χ1n) is 8.99. The molecular formula is C22H21ClN2O3S. The second kappa shape index (κ2) is 9.22. The van der Waals surface area contributed by atoms with E-state index in [9.17, 15) is 13.2 Å². The molecule has 3 aromatic rings. The molecule has 1 amide bonds. The van der Waals surface area contributed by atoms with Crippen LogP contribution in [0.5, 0.6) is 0 Å². The first kappa shape index (κ1) is 21.0. The molecule has 0 aromatic heterocycles. The summed E-state index contributed by atoms with van der Waals surface area (Å²) in [7, 11) is -2.11. The minimum absolute atomic E-state index is 0.178. The van der Waals surface area contributed by atoms with Gasteiger partial charge in [-0.3, -0.25) is 4.79 Å². The summed E-state index contributed by atoms with van der Waals surface area (Å²) in [6.45, 7) is 0.639. The Balaban J connectivity index is 1.62. The number of carbonyl (C=O) groups excluding carboxylic acids is 1. The molecule has 0 bridgehead atoms. The molecule has 29 heavy (non-hydrogen) atoms. The van der Waals surface area contributed by atoms with Crippen LogP contribution in [0, 0.1) is 0 Å². The van der Waals surface area contributed by atoms with Crippen LogP contribution < -0.4 is 5.32 Å². The maximum absolute atomic E-state index is 12.7. The maximum atomic E-state index is 12.7. The summed E-state index contributed by atoms with van der Waals surface area (Å²) in [5, 5.41) is 3.35. The summed E-state index contributed by atoms with van der Waals surface area (Å²) in [6.07, 6.45) is 0. The zero-order chi connectivity index (χ0) is 20.9. The molecule has 0 aliphatic rings. The van der Waals surface area contributed by atoms with Crippen LogP contribution in [0.1, 0.15) is 21.5 Å². The number of nitrogens with one attached hydrogen (secondary N) is 1. The lowest BCUT2D eigenvalue weighted by Crippen LogP contribution is -2.26. The van der Waals surface area contributed by atoms with E-state index < -0.39 is 10.0 Å². The molecule has 7 heteroatoms. The number of benzene rings is 3. The number of sulfonamides is 1. The zero-order valence-corrected chi connectivity index (χ0v) is 17.5. The van der Waals surface area contributed by atoms with Gasteiger partial charge in [-0.05, 0) is 47.5 Å². The topological polar surface area (TPSA) is 66.5 Å². The highest BCUT2D eigenvalue weighted by Crippen LogP contribution is 2.19. The van der Waals surface area contributed by atoms with E-state index in [0.29, 0.717) is 17.1 Å². The Bertz CT molecular complexity index is 1070. The van der Waals surface area contributed by atoms with Crippen molar-refractivity contribution in [3.63, 3.8) is 0 Å². The Hall–Kier alpha value is -2.67. The van der Waals surface area contributed by atoms with Crippen LogP contribution in [0.25, 0.3) is 0 Å². The molecule has 0 saturated heterocycles. The van der Waals surface area contributed by atoms with Crippen LogP contribution in [0.3, 0.4) is 0 Å². The third kappa shape index (κ3) is 5.44. The van der Waals surface area contributed by atoms with E-state index >= 15 is 0 Å². The Labute approximate surface area is 176 Å². The third-order valence-electron chi connectivity index (χ3n) is 4.44. The van der Waals surface area contributed by atoms with Gasteiger partial charge in [0.1, 0.15) is 0 Å². The van der Waals surface area contributed by atoms with Gasteiger partial charge in [0.2, 0.25) is 10.0 Å². The van der Waals surface area contributed by atoms with E-state index in [0.717, 1.165) is 11.1 Å². The quantitative estimate of drug-likeness (QED) is 0.616. The van der Waals surface area contributed by atoms with Crippen molar-refractivity contribution in [1.29, 1.82) is 0 Å². The van der Waals surface area contributed by atoms with Gasteiger partial charge < -0.3 is 5.32 Å². The van der Waals surface area contributed by atoms with Crippen molar-refractivity contribution in [1.82, 2.24) is 9.62 Å². The Morgan fingerprint density at radius 2 is 1.52 bits per heavy atom. The van der Waals surface area contributed by atoms with Gasteiger partial charge in [0.25, 0.3) is 5.91 Å². The van der Waals surface area contributed by atoms with Gasteiger partial charge in [0.05, 0.1) is 4.90 Å². The zero-order valence-electron chi connectivity index (χ0n) is 15.9. The van der Waals surface area contributed by atoms with Gasteiger partial charge in [0.15, 0.2) is 0 Å². The number of hydrogen-bond acceptors (Lipinski definition) is 3. The average Bonchev–Trinajstić information content (AvgIpc) is 2.73. The van der Waals surface area contributed by atoms with E-state index in [-0.39, 0.29) is 17.3 Å². The Kier molecular flexibility index (Phi) is 6.69. The van der Waals surface area contributed by atoms with Gasteiger partial charge in [0, 0.05) is 30.7 Å². The number of halogens is 1. The SMILES string of the molecule is CN(Cc1ccc(C(=O)NCc2ccccc2)cc1)S(=O)(=O)c1ccc(Cl)cc1. The van der Waals surface area contributed by atoms with Gasteiger partial charge in [-0.1, -0.05) is 54.1 Å². The minimum Gasteiger partial charge on any atom is -0.348 e. The standard InChI is InChI=1S/C22H21ClN2O3S/c1-25(29(27,28)21-13-11-20(23)12-14-21)16-18-7-9-19(10-8-18)22(26)24-15-17-5-3-2-4-6-17/h2-14H,15-16H2,1H3,(H,24,26). The molecule has 0 radical (unpaired) electrons. The number of hydrogen-bond donors (Lipinski definition) is 1. The predicted octanol–water partition coefficient (Wildman–Crippen LogP) is 4.09. The Morgan fingerprint density at radius 1 is 0.897 bits per heavy atom. The summed E-state index contributed by atoms with van der Waals surface area (Å²) < 4.78 is 26.6. The van der Waals surface area contributed by atoms with Crippen molar-refractivity contribution in [2.75, 3.05) is 7.05 Å². The van der Waals surface area contributed by atoms with Crippen LogP contribution in [0.4, 0.5) is 0 Å². The molecule has 1 N–H and O–H groups in total. The summed E-state index contributed by atoms with van der Waals surface area (Å²) in [5.74, 6) is -0.178. The average molecular weight is 429 g/mol. The van der Waals surface area contributed by atoms with Crippen LogP contribution >= 0.6 is 11.6 Å². The largest absolute Gasteiger partial charge is 0.348 e. The minimum atomic E-state index is -3.62. The predicted molar refractivity (Wildman–Crippen MR) is 114 cm³/mol. The summed E-state index contributed by atoms with van der Waals surface area (Å²) in [6, 6.07) is 22.6. The van der Waals surface area contributed by atoms with Crippen LogP contribution in [0.2, 0.25) is 5.02 Å². The molecule has 0 fully saturated rings. The monoisotopic (exact) mass is 428 g/mol.